The maximum atomic E-state index is 7.57. The first-order valence-electron chi connectivity index (χ1n) is 13.6. The number of benzene rings is 6. The van der Waals surface area contributed by atoms with Gasteiger partial charge >= 0.3 is 35.0 Å². The third-order valence-electron chi connectivity index (χ3n) is 6.16. The third-order valence-corrected chi connectivity index (χ3v) is 11.3. The molecule has 0 N–H and O–H groups in total. The van der Waals surface area contributed by atoms with Crippen molar-refractivity contribution in [1.82, 2.24) is 0 Å². The maximum absolute atomic E-state index is 7.57. The van der Waals surface area contributed by atoms with Gasteiger partial charge in [-0.2, -0.15) is 0 Å². The zero-order valence-corrected chi connectivity index (χ0v) is 26.2. The van der Waals surface area contributed by atoms with E-state index < -0.39 is 15.8 Å². The SMILES string of the molecule is N#[C][Ni][C]#N.c1ccc(P(c2ccccc2)c2ccccc2)cc1.c1ccc(P(c2ccccc2)c2ccccc2)cc1. The zero-order valence-electron chi connectivity index (χ0n) is 23.4. The fourth-order valence-corrected chi connectivity index (χ4v) is 9.03. The molecule has 43 heavy (non-hydrogen) atoms. The first kappa shape index (κ1) is 31.6. The van der Waals surface area contributed by atoms with Gasteiger partial charge in [0.1, 0.15) is 0 Å². The van der Waals surface area contributed by atoms with Crippen molar-refractivity contribution >= 4 is 47.7 Å². The Hall–Kier alpha value is -4.35. The predicted octanol–water partition coefficient (Wildman–Crippen LogP) is 6.92. The maximum Gasteiger partial charge on any atom is -0.0134 e. The van der Waals surface area contributed by atoms with Crippen molar-refractivity contribution in [2.24, 2.45) is 0 Å². The molecule has 0 aromatic heterocycles. The summed E-state index contributed by atoms with van der Waals surface area (Å²) in [6.45, 7) is 0. The largest absolute Gasteiger partial charge is 0.0622 e. The summed E-state index contributed by atoms with van der Waals surface area (Å²) in [6, 6.07) is 64.7. The third kappa shape index (κ3) is 9.87. The summed E-state index contributed by atoms with van der Waals surface area (Å²) in [6.07, 6.45) is 0. The molecule has 6 rings (SSSR count). The van der Waals surface area contributed by atoms with E-state index in [1.54, 1.807) is 10.1 Å². The molecule has 0 bridgehead atoms. The summed E-state index contributed by atoms with van der Waals surface area (Å²) in [4.78, 5) is 0. The smallest absolute Gasteiger partial charge is 0.0134 e. The molecule has 0 fully saturated rings. The van der Waals surface area contributed by atoms with E-state index >= 15 is 0 Å². The number of hydrogen-bond donors (Lipinski definition) is 0. The molecular formula is C38H30N2NiP2. The number of rotatable bonds is 6. The van der Waals surface area contributed by atoms with Crippen LogP contribution in [0.4, 0.5) is 0 Å². The standard InChI is InChI=1S/2C18H15P.2CN.Ni/c2*1-4-10-16(11-5-1)19(17-12-6-2-7-13-17)18-14-8-3-9-15-18;2*1-2;/h2*1-15H;;;. The van der Waals surface area contributed by atoms with Crippen LogP contribution in [0, 0.1) is 20.6 Å². The van der Waals surface area contributed by atoms with Crippen LogP contribution in [0.5, 0.6) is 0 Å². The summed E-state index contributed by atoms with van der Waals surface area (Å²) in [7, 11) is -0.892. The Morgan fingerprint density at radius 3 is 0.581 bits per heavy atom. The summed E-state index contributed by atoms with van der Waals surface area (Å²) >= 11 is 0.431. The van der Waals surface area contributed by atoms with Gasteiger partial charge in [-0.1, -0.05) is 182 Å². The minimum absolute atomic E-state index is 0.431. The van der Waals surface area contributed by atoms with E-state index in [2.05, 4.69) is 182 Å². The molecule has 6 aromatic carbocycles. The van der Waals surface area contributed by atoms with Gasteiger partial charge in [0.2, 0.25) is 0 Å². The fraction of sp³-hybridized carbons (Fsp3) is 0. The van der Waals surface area contributed by atoms with Gasteiger partial charge in [0.25, 0.3) is 0 Å². The number of hydrogen-bond acceptors (Lipinski definition) is 2. The normalized spacial score (nSPS) is 9.95. The minimum Gasteiger partial charge on any atom is -0.0622 e. The van der Waals surface area contributed by atoms with Crippen molar-refractivity contribution in [3.05, 3.63) is 182 Å². The molecule has 212 valence electrons. The molecule has 0 saturated carbocycles. The summed E-state index contributed by atoms with van der Waals surface area (Å²) in [5.41, 5.74) is 0. The van der Waals surface area contributed by atoms with Gasteiger partial charge in [0.15, 0.2) is 0 Å². The number of nitriles is 2. The van der Waals surface area contributed by atoms with E-state index in [1.807, 2.05) is 0 Å². The van der Waals surface area contributed by atoms with Crippen molar-refractivity contribution in [3.8, 4) is 10.1 Å². The van der Waals surface area contributed by atoms with Gasteiger partial charge in [-0.25, -0.2) is 0 Å². The summed E-state index contributed by atoms with van der Waals surface area (Å²) in [5.74, 6) is 0. The molecule has 2 nitrogen and oxygen atoms in total. The Morgan fingerprint density at radius 2 is 0.465 bits per heavy atom. The molecule has 0 atom stereocenters. The van der Waals surface area contributed by atoms with Crippen LogP contribution in [0.15, 0.2) is 182 Å². The van der Waals surface area contributed by atoms with E-state index in [0.29, 0.717) is 14.4 Å². The van der Waals surface area contributed by atoms with Gasteiger partial charge in [-0.05, 0) is 47.7 Å². The topological polar surface area (TPSA) is 47.6 Å². The second kappa shape index (κ2) is 18.2. The molecule has 0 aliphatic carbocycles. The minimum atomic E-state index is -0.446. The Kier molecular flexibility index (Phi) is 13.4. The van der Waals surface area contributed by atoms with Gasteiger partial charge in [-0.15, -0.1) is 0 Å². The van der Waals surface area contributed by atoms with Crippen LogP contribution in [-0.2, 0) is 14.4 Å². The Morgan fingerprint density at radius 1 is 0.302 bits per heavy atom. The van der Waals surface area contributed by atoms with Crippen molar-refractivity contribution < 1.29 is 14.4 Å². The van der Waals surface area contributed by atoms with Gasteiger partial charge < -0.3 is 0 Å². The molecular weight excluding hydrogens is 605 g/mol. The molecule has 0 spiro atoms. The van der Waals surface area contributed by atoms with Crippen LogP contribution < -0.4 is 31.8 Å². The average molecular weight is 635 g/mol. The summed E-state index contributed by atoms with van der Waals surface area (Å²) < 4.78 is 0. The average Bonchev–Trinajstić information content (AvgIpc) is 3.09. The molecule has 0 radical (unpaired) electrons. The van der Waals surface area contributed by atoms with E-state index in [1.165, 1.54) is 31.8 Å². The second-order valence-electron chi connectivity index (χ2n) is 8.90. The molecule has 0 unspecified atom stereocenters. The fourth-order valence-electron chi connectivity index (χ4n) is 4.37. The predicted molar refractivity (Wildman–Crippen MR) is 182 cm³/mol. The molecule has 0 heterocycles. The molecule has 0 aliphatic rings. The monoisotopic (exact) mass is 634 g/mol. The van der Waals surface area contributed by atoms with Crippen LogP contribution in [0.2, 0.25) is 0 Å². The molecule has 6 aromatic rings. The van der Waals surface area contributed by atoms with Crippen molar-refractivity contribution in [3.63, 3.8) is 0 Å². The van der Waals surface area contributed by atoms with Gasteiger partial charge in [0, 0.05) is 0 Å². The van der Waals surface area contributed by atoms with Crippen LogP contribution in [0.3, 0.4) is 0 Å². The van der Waals surface area contributed by atoms with Crippen molar-refractivity contribution in [2.75, 3.05) is 0 Å². The van der Waals surface area contributed by atoms with Crippen molar-refractivity contribution in [2.45, 2.75) is 0 Å². The van der Waals surface area contributed by atoms with E-state index in [4.69, 9.17) is 10.5 Å². The van der Waals surface area contributed by atoms with E-state index in [-0.39, 0.29) is 0 Å². The van der Waals surface area contributed by atoms with E-state index in [0.717, 1.165) is 0 Å². The zero-order chi connectivity index (χ0) is 30.0. The van der Waals surface area contributed by atoms with Crippen molar-refractivity contribution in [1.29, 1.82) is 10.5 Å². The van der Waals surface area contributed by atoms with Crippen LogP contribution >= 0.6 is 15.8 Å². The van der Waals surface area contributed by atoms with Crippen LogP contribution in [0.25, 0.3) is 0 Å². The molecule has 0 saturated heterocycles. The summed E-state index contributed by atoms with van der Waals surface area (Å²) in [5, 5.41) is 26.7. The van der Waals surface area contributed by atoms with Crippen LogP contribution in [-0.4, -0.2) is 0 Å². The first-order chi connectivity index (χ1) is 21.3. The second-order valence-corrected chi connectivity index (χ2v) is 14.0. The van der Waals surface area contributed by atoms with Crippen LogP contribution in [0.1, 0.15) is 0 Å². The Bertz CT molecular complexity index is 1370. The van der Waals surface area contributed by atoms with Gasteiger partial charge in [-0.3, -0.25) is 0 Å². The molecule has 0 aliphatic heterocycles. The Labute approximate surface area is 263 Å². The quantitative estimate of drug-likeness (QED) is 0.148. The molecule has 0 amide bonds. The Balaban J connectivity index is 0.000000171. The number of nitrogens with zero attached hydrogens (tertiary/aromatic N) is 2. The first-order valence-corrected chi connectivity index (χ1v) is 17.2. The van der Waals surface area contributed by atoms with Gasteiger partial charge in [0.05, 0.1) is 0 Å². The van der Waals surface area contributed by atoms with E-state index in [9.17, 15) is 0 Å². The molecule has 5 heteroatoms.